The van der Waals surface area contributed by atoms with E-state index in [2.05, 4.69) is 102 Å². The molecule has 6 nitrogen and oxygen atoms in total. The lowest BCUT2D eigenvalue weighted by molar-refractivity contribution is -0.139. The third-order valence-corrected chi connectivity index (χ3v) is 9.00. The summed E-state index contributed by atoms with van der Waals surface area (Å²) in [7, 11) is 0. The van der Waals surface area contributed by atoms with Crippen molar-refractivity contribution < 1.29 is 9.90 Å². The third kappa shape index (κ3) is 6.62. The van der Waals surface area contributed by atoms with Gasteiger partial charge in [-0.25, -0.2) is 0 Å². The largest absolute Gasteiger partial charge is 0.481 e. The number of aryl methyl sites for hydroxylation is 1. The number of hydrogen-bond donors (Lipinski definition) is 1. The number of aliphatic carboxylic acids is 1. The van der Waals surface area contributed by atoms with E-state index in [9.17, 15) is 9.90 Å². The molecule has 2 fully saturated rings. The SMILES string of the molecule is CCn1nc(Cc2ccccc2)cc1C1CCN(C[C@H]2CN(C(C)(C)CC(=O)O)C[C@@H]2c2ccccc2)CC1. The molecule has 0 saturated carbocycles. The molecule has 39 heavy (non-hydrogen) atoms. The molecule has 208 valence electrons. The normalized spacial score (nSPS) is 21.4. The molecular formula is C33H44N4O2. The van der Waals surface area contributed by atoms with Crippen LogP contribution in [0, 0.1) is 5.92 Å². The first-order valence-corrected chi connectivity index (χ1v) is 14.7. The fourth-order valence-electron chi connectivity index (χ4n) is 6.81. The fourth-order valence-corrected chi connectivity index (χ4v) is 6.81. The minimum Gasteiger partial charge on any atom is -0.481 e. The molecule has 0 unspecified atom stereocenters. The van der Waals surface area contributed by atoms with Gasteiger partial charge in [-0.05, 0) is 69.8 Å². The van der Waals surface area contributed by atoms with Crippen molar-refractivity contribution in [1.82, 2.24) is 19.6 Å². The Morgan fingerprint density at radius 1 is 1.00 bits per heavy atom. The Hall–Kier alpha value is -2.96. The highest BCUT2D eigenvalue weighted by Crippen LogP contribution is 2.39. The number of aromatic nitrogens is 2. The zero-order valence-electron chi connectivity index (χ0n) is 23.8. The van der Waals surface area contributed by atoms with E-state index in [0.29, 0.717) is 17.8 Å². The summed E-state index contributed by atoms with van der Waals surface area (Å²) in [5, 5.41) is 14.5. The standard InChI is InChI=1S/C33H44N4O2/c1-4-37-31(20-29(34-37)19-25-11-7-5-8-12-25)27-15-17-35(18-16-27)22-28-23-36(33(2,3)21-32(38)39)24-30(28)26-13-9-6-10-14-26/h5-14,20,27-28,30H,4,15-19,21-24H2,1-3H3,(H,38,39)/t28-,30+/m0/s1. The van der Waals surface area contributed by atoms with Crippen LogP contribution in [-0.2, 0) is 17.8 Å². The molecule has 2 atom stereocenters. The molecule has 3 aromatic rings. The summed E-state index contributed by atoms with van der Waals surface area (Å²) in [6.07, 6.45) is 3.38. The van der Waals surface area contributed by atoms with E-state index in [1.54, 1.807) is 0 Å². The molecule has 2 saturated heterocycles. The van der Waals surface area contributed by atoms with Crippen LogP contribution in [-0.4, -0.2) is 68.9 Å². The maximum atomic E-state index is 11.6. The number of rotatable bonds is 10. The molecule has 5 rings (SSSR count). The second kappa shape index (κ2) is 12.1. The van der Waals surface area contributed by atoms with Crippen LogP contribution in [0.15, 0.2) is 66.7 Å². The van der Waals surface area contributed by atoms with E-state index < -0.39 is 5.97 Å². The monoisotopic (exact) mass is 528 g/mol. The number of benzene rings is 2. The predicted molar refractivity (Wildman–Crippen MR) is 156 cm³/mol. The molecule has 2 aliphatic rings. The highest BCUT2D eigenvalue weighted by molar-refractivity contribution is 5.68. The van der Waals surface area contributed by atoms with Gasteiger partial charge in [-0.1, -0.05) is 60.7 Å². The molecule has 3 heterocycles. The van der Waals surface area contributed by atoms with Crippen LogP contribution in [0.4, 0.5) is 0 Å². The van der Waals surface area contributed by atoms with E-state index in [-0.39, 0.29) is 12.0 Å². The summed E-state index contributed by atoms with van der Waals surface area (Å²) < 4.78 is 2.23. The lowest BCUT2D eigenvalue weighted by Crippen LogP contribution is -2.45. The Kier molecular flexibility index (Phi) is 8.53. The van der Waals surface area contributed by atoms with Crippen LogP contribution in [0.1, 0.15) is 74.4 Å². The van der Waals surface area contributed by atoms with Gasteiger partial charge in [0.25, 0.3) is 0 Å². The highest BCUT2D eigenvalue weighted by atomic mass is 16.4. The second-order valence-corrected chi connectivity index (χ2v) is 12.2. The van der Waals surface area contributed by atoms with Gasteiger partial charge in [0.1, 0.15) is 0 Å². The van der Waals surface area contributed by atoms with Crippen LogP contribution >= 0.6 is 0 Å². The zero-order valence-corrected chi connectivity index (χ0v) is 23.8. The van der Waals surface area contributed by atoms with E-state index in [0.717, 1.165) is 58.5 Å². The van der Waals surface area contributed by atoms with Crippen molar-refractivity contribution >= 4 is 5.97 Å². The molecule has 6 heteroatoms. The first-order chi connectivity index (χ1) is 18.8. The van der Waals surface area contributed by atoms with Gasteiger partial charge in [-0.3, -0.25) is 14.4 Å². The van der Waals surface area contributed by atoms with Crippen LogP contribution in [0.3, 0.4) is 0 Å². The molecule has 1 N–H and O–H groups in total. The summed E-state index contributed by atoms with van der Waals surface area (Å²) in [4.78, 5) is 16.6. The molecule has 0 spiro atoms. The van der Waals surface area contributed by atoms with Gasteiger partial charge in [0, 0.05) is 55.7 Å². The molecule has 0 radical (unpaired) electrons. The molecule has 2 aromatic carbocycles. The van der Waals surface area contributed by atoms with E-state index in [1.165, 1.54) is 22.5 Å². The lowest BCUT2D eigenvalue weighted by atomic mass is 9.87. The average molecular weight is 529 g/mol. The third-order valence-electron chi connectivity index (χ3n) is 9.00. The molecule has 2 aliphatic heterocycles. The second-order valence-electron chi connectivity index (χ2n) is 12.2. The van der Waals surface area contributed by atoms with Crippen molar-refractivity contribution in [2.45, 2.75) is 70.4 Å². The number of carboxylic acid groups (broad SMARTS) is 1. The van der Waals surface area contributed by atoms with Crippen molar-refractivity contribution in [2.24, 2.45) is 5.92 Å². The smallest absolute Gasteiger partial charge is 0.305 e. The highest BCUT2D eigenvalue weighted by Gasteiger charge is 2.42. The number of piperidine rings is 1. The first-order valence-electron chi connectivity index (χ1n) is 14.7. The molecule has 0 bridgehead atoms. The Morgan fingerprint density at radius 3 is 2.31 bits per heavy atom. The van der Waals surface area contributed by atoms with E-state index >= 15 is 0 Å². The summed E-state index contributed by atoms with van der Waals surface area (Å²) >= 11 is 0. The Bertz CT molecular complexity index is 1220. The Labute approximate surface area is 233 Å². The molecule has 0 amide bonds. The number of likely N-dealkylation sites (tertiary alicyclic amines) is 2. The maximum Gasteiger partial charge on any atom is 0.305 e. The van der Waals surface area contributed by atoms with Crippen molar-refractivity contribution in [3.63, 3.8) is 0 Å². The van der Waals surface area contributed by atoms with E-state index in [4.69, 9.17) is 5.10 Å². The summed E-state index contributed by atoms with van der Waals surface area (Å²) in [6, 6.07) is 23.8. The quantitative estimate of drug-likeness (QED) is 0.369. The molecular weight excluding hydrogens is 484 g/mol. The average Bonchev–Trinajstić information content (AvgIpc) is 3.54. The predicted octanol–water partition coefficient (Wildman–Crippen LogP) is 5.64. The maximum absolute atomic E-state index is 11.6. The van der Waals surface area contributed by atoms with Crippen molar-refractivity contribution in [2.75, 3.05) is 32.7 Å². The number of carboxylic acids is 1. The summed E-state index contributed by atoms with van der Waals surface area (Å²) in [5.74, 6) is 0.757. The minimum absolute atomic E-state index is 0.171. The van der Waals surface area contributed by atoms with Gasteiger partial charge in [0.2, 0.25) is 0 Å². The minimum atomic E-state index is -0.722. The van der Waals surface area contributed by atoms with Crippen LogP contribution in [0.2, 0.25) is 0 Å². The lowest BCUT2D eigenvalue weighted by Gasteiger charge is -2.36. The first kappa shape index (κ1) is 27.6. The summed E-state index contributed by atoms with van der Waals surface area (Å²) in [6.45, 7) is 12.4. The van der Waals surface area contributed by atoms with Crippen molar-refractivity contribution in [3.05, 3.63) is 89.2 Å². The van der Waals surface area contributed by atoms with Gasteiger partial charge in [0.15, 0.2) is 0 Å². The Balaban J connectivity index is 1.24. The number of hydrogen-bond acceptors (Lipinski definition) is 4. The van der Waals surface area contributed by atoms with Crippen LogP contribution < -0.4 is 0 Å². The topological polar surface area (TPSA) is 61.6 Å². The van der Waals surface area contributed by atoms with Gasteiger partial charge in [-0.15, -0.1) is 0 Å². The van der Waals surface area contributed by atoms with Crippen molar-refractivity contribution in [3.8, 4) is 0 Å². The van der Waals surface area contributed by atoms with Gasteiger partial charge in [0.05, 0.1) is 12.1 Å². The van der Waals surface area contributed by atoms with Crippen LogP contribution in [0.5, 0.6) is 0 Å². The van der Waals surface area contributed by atoms with Crippen LogP contribution in [0.25, 0.3) is 0 Å². The van der Waals surface area contributed by atoms with E-state index in [1.807, 2.05) is 0 Å². The van der Waals surface area contributed by atoms with Crippen molar-refractivity contribution in [1.29, 1.82) is 0 Å². The molecule has 1 aromatic heterocycles. The fraction of sp³-hybridized carbons (Fsp3) is 0.515. The Morgan fingerprint density at radius 2 is 1.67 bits per heavy atom. The number of nitrogens with zero attached hydrogens (tertiary/aromatic N) is 4. The molecule has 0 aliphatic carbocycles. The number of carbonyl (C=O) groups is 1. The zero-order chi connectivity index (χ0) is 27.4. The van der Waals surface area contributed by atoms with Gasteiger partial charge in [-0.2, -0.15) is 5.10 Å². The van der Waals surface area contributed by atoms with Gasteiger partial charge < -0.3 is 10.0 Å². The van der Waals surface area contributed by atoms with Gasteiger partial charge >= 0.3 is 5.97 Å². The summed E-state index contributed by atoms with van der Waals surface area (Å²) in [5.41, 5.74) is 4.90.